The predicted octanol–water partition coefficient (Wildman–Crippen LogP) is 3.08. The molecule has 8 heteroatoms. The second-order valence-corrected chi connectivity index (χ2v) is 6.56. The smallest absolute Gasteiger partial charge is 0.345 e. The molecule has 1 aliphatic heterocycles. The van der Waals surface area contributed by atoms with Gasteiger partial charge in [-0.3, -0.25) is 9.59 Å². The van der Waals surface area contributed by atoms with Gasteiger partial charge in [-0.2, -0.15) is 13.2 Å². The standard InChI is InChI=1S/C18H24F3N3O2/c1-3-17(4-2,11-22)23-16(26)12-8-13(18(19,20)21)10-14(9-12)24-7-5-6-15(24)25/h8-10H,3-7,11,22H2,1-2H3,(H,23,26). The van der Waals surface area contributed by atoms with E-state index in [1.807, 2.05) is 13.8 Å². The molecule has 0 spiro atoms. The van der Waals surface area contributed by atoms with Crippen LogP contribution in [0.1, 0.15) is 55.5 Å². The minimum absolute atomic E-state index is 0.0961. The Balaban J connectivity index is 2.43. The van der Waals surface area contributed by atoms with Crippen LogP contribution in [0.5, 0.6) is 0 Å². The normalized spacial score (nSPS) is 15.5. The van der Waals surface area contributed by atoms with Crippen LogP contribution in [0, 0.1) is 0 Å². The monoisotopic (exact) mass is 371 g/mol. The molecule has 2 amide bonds. The summed E-state index contributed by atoms with van der Waals surface area (Å²) in [5.41, 5.74) is 4.10. The molecule has 1 aliphatic rings. The molecule has 2 rings (SSSR count). The Morgan fingerprint density at radius 1 is 1.23 bits per heavy atom. The number of nitrogens with two attached hydrogens (primary N) is 1. The summed E-state index contributed by atoms with van der Waals surface area (Å²) in [6, 6.07) is 3.06. The van der Waals surface area contributed by atoms with Gasteiger partial charge in [0.05, 0.1) is 11.1 Å². The minimum Gasteiger partial charge on any atom is -0.345 e. The molecule has 0 atom stereocenters. The van der Waals surface area contributed by atoms with Crippen molar-refractivity contribution in [3.8, 4) is 0 Å². The fourth-order valence-electron chi connectivity index (χ4n) is 3.06. The number of hydrogen-bond donors (Lipinski definition) is 2. The van der Waals surface area contributed by atoms with Gasteiger partial charge in [-0.15, -0.1) is 0 Å². The van der Waals surface area contributed by atoms with E-state index >= 15 is 0 Å². The van der Waals surface area contributed by atoms with Crippen LogP contribution in [-0.4, -0.2) is 30.4 Å². The van der Waals surface area contributed by atoms with Gasteiger partial charge in [0, 0.05) is 30.8 Å². The van der Waals surface area contributed by atoms with Crippen molar-refractivity contribution in [2.75, 3.05) is 18.0 Å². The maximum Gasteiger partial charge on any atom is 0.416 e. The summed E-state index contributed by atoms with van der Waals surface area (Å²) in [6.45, 7) is 4.24. The molecule has 0 radical (unpaired) electrons. The maximum absolute atomic E-state index is 13.3. The highest BCUT2D eigenvalue weighted by Gasteiger charge is 2.34. The number of carbonyl (C=O) groups excluding carboxylic acids is 2. The molecule has 1 aromatic carbocycles. The highest BCUT2D eigenvalue weighted by Crippen LogP contribution is 2.34. The molecule has 1 aromatic rings. The zero-order chi connectivity index (χ0) is 19.5. The van der Waals surface area contributed by atoms with Crippen LogP contribution < -0.4 is 16.0 Å². The van der Waals surface area contributed by atoms with Crippen LogP contribution in [0.15, 0.2) is 18.2 Å². The van der Waals surface area contributed by atoms with Crippen molar-refractivity contribution in [3.05, 3.63) is 29.3 Å². The number of alkyl halides is 3. The van der Waals surface area contributed by atoms with Gasteiger partial charge in [0.25, 0.3) is 5.91 Å². The van der Waals surface area contributed by atoms with E-state index in [1.165, 1.54) is 11.0 Å². The van der Waals surface area contributed by atoms with E-state index in [4.69, 9.17) is 5.73 Å². The quantitative estimate of drug-likeness (QED) is 0.807. The lowest BCUT2D eigenvalue weighted by molar-refractivity contribution is -0.137. The third kappa shape index (κ3) is 4.17. The number of nitrogens with one attached hydrogen (secondary N) is 1. The highest BCUT2D eigenvalue weighted by molar-refractivity contribution is 5.99. The molecule has 0 saturated carbocycles. The van der Waals surface area contributed by atoms with Crippen molar-refractivity contribution in [1.29, 1.82) is 0 Å². The summed E-state index contributed by atoms with van der Waals surface area (Å²) in [5.74, 6) is -0.868. The Labute approximate surface area is 150 Å². The average molecular weight is 371 g/mol. The average Bonchev–Trinajstić information content (AvgIpc) is 3.04. The van der Waals surface area contributed by atoms with Gasteiger partial charge in [-0.1, -0.05) is 13.8 Å². The number of benzene rings is 1. The number of rotatable bonds is 6. The lowest BCUT2D eigenvalue weighted by Gasteiger charge is -2.31. The molecule has 0 aromatic heterocycles. The summed E-state index contributed by atoms with van der Waals surface area (Å²) in [5, 5.41) is 2.77. The van der Waals surface area contributed by atoms with Gasteiger partial charge < -0.3 is 16.0 Å². The SMILES string of the molecule is CCC(CC)(CN)NC(=O)c1cc(N2CCCC2=O)cc(C(F)(F)F)c1. The number of halogens is 3. The first-order valence-electron chi connectivity index (χ1n) is 8.71. The minimum atomic E-state index is -4.62. The summed E-state index contributed by atoms with van der Waals surface area (Å²) in [7, 11) is 0. The third-order valence-corrected chi connectivity index (χ3v) is 5.02. The molecule has 0 bridgehead atoms. The van der Waals surface area contributed by atoms with E-state index in [0.717, 1.165) is 12.1 Å². The van der Waals surface area contributed by atoms with Crippen molar-refractivity contribution in [1.82, 2.24) is 5.32 Å². The second-order valence-electron chi connectivity index (χ2n) is 6.56. The molecule has 1 saturated heterocycles. The van der Waals surface area contributed by atoms with Gasteiger partial charge in [-0.05, 0) is 37.5 Å². The van der Waals surface area contributed by atoms with E-state index in [9.17, 15) is 22.8 Å². The fourth-order valence-corrected chi connectivity index (χ4v) is 3.06. The fraction of sp³-hybridized carbons (Fsp3) is 0.556. The van der Waals surface area contributed by atoms with Crippen LogP contribution in [0.4, 0.5) is 18.9 Å². The molecule has 3 N–H and O–H groups in total. The Morgan fingerprint density at radius 2 is 1.88 bits per heavy atom. The van der Waals surface area contributed by atoms with Gasteiger partial charge in [0.1, 0.15) is 0 Å². The van der Waals surface area contributed by atoms with Gasteiger partial charge in [0.15, 0.2) is 0 Å². The van der Waals surface area contributed by atoms with Crippen LogP contribution in [0.2, 0.25) is 0 Å². The van der Waals surface area contributed by atoms with Crippen molar-refractivity contribution < 1.29 is 22.8 Å². The zero-order valence-electron chi connectivity index (χ0n) is 14.9. The van der Waals surface area contributed by atoms with E-state index in [-0.39, 0.29) is 23.7 Å². The van der Waals surface area contributed by atoms with Crippen LogP contribution in [0.3, 0.4) is 0 Å². The summed E-state index contributed by atoms with van der Waals surface area (Å²) < 4.78 is 39.8. The van der Waals surface area contributed by atoms with Crippen LogP contribution in [0.25, 0.3) is 0 Å². The lowest BCUT2D eigenvalue weighted by Crippen LogP contribution is -2.52. The van der Waals surface area contributed by atoms with Crippen molar-refractivity contribution >= 4 is 17.5 Å². The van der Waals surface area contributed by atoms with Crippen molar-refractivity contribution in [2.24, 2.45) is 5.73 Å². The van der Waals surface area contributed by atoms with Gasteiger partial charge >= 0.3 is 6.18 Å². The molecule has 1 heterocycles. The zero-order valence-corrected chi connectivity index (χ0v) is 14.9. The Hall–Kier alpha value is -2.09. The van der Waals surface area contributed by atoms with E-state index in [1.54, 1.807) is 0 Å². The van der Waals surface area contributed by atoms with Gasteiger partial charge in [0.2, 0.25) is 5.91 Å². The molecule has 144 valence electrons. The Kier molecular flexibility index (Phi) is 5.95. The second kappa shape index (κ2) is 7.65. The van der Waals surface area contributed by atoms with E-state index in [2.05, 4.69) is 5.32 Å². The van der Waals surface area contributed by atoms with Crippen molar-refractivity contribution in [3.63, 3.8) is 0 Å². The summed E-state index contributed by atoms with van der Waals surface area (Å²) in [6.07, 6.45) is -2.63. The number of anilines is 1. The van der Waals surface area contributed by atoms with Gasteiger partial charge in [-0.25, -0.2) is 0 Å². The largest absolute Gasteiger partial charge is 0.416 e. The maximum atomic E-state index is 13.3. The number of nitrogens with zero attached hydrogens (tertiary/aromatic N) is 1. The van der Waals surface area contributed by atoms with E-state index in [0.29, 0.717) is 32.2 Å². The topological polar surface area (TPSA) is 75.4 Å². The van der Waals surface area contributed by atoms with Crippen molar-refractivity contribution in [2.45, 2.75) is 51.2 Å². The number of amides is 2. The third-order valence-electron chi connectivity index (χ3n) is 5.02. The lowest BCUT2D eigenvalue weighted by atomic mass is 9.92. The Bertz CT molecular complexity index is 676. The van der Waals surface area contributed by atoms with Crippen LogP contribution >= 0.6 is 0 Å². The number of hydrogen-bond acceptors (Lipinski definition) is 3. The number of carbonyl (C=O) groups is 2. The highest BCUT2D eigenvalue weighted by atomic mass is 19.4. The summed E-state index contributed by atoms with van der Waals surface area (Å²) in [4.78, 5) is 25.8. The predicted molar refractivity (Wildman–Crippen MR) is 92.9 cm³/mol. The molecular formula is C18H24F3N3O2. The molecular weight excluding hydrogens is 347 g/mol. The first kappa shape index (κ1) is 20.2. The Morgan fingerprint density at radius 3 is 2.35 bits per heavy atom. The molecule has 0 aliphatic carbocycles. The van der Waals surface area contributed by atoms with Crippen LogP contribution in [-0.2, 0) is 11.0 Å². The molecule has 26 heavy (non-hydrogen) atoms. The molecule has 5 nitrogen and oxygen atoms in total. The van der Waals surface area contributed by atoms with E-state index < -0.39 is 23.2 Å². The molecule has 0 unspecified atom stereocenters. The first-order valence-corrected chi connectivity index (χ1v) is 8.71. The molecule has 1 fully saturated rings. The summed E-state index contributed by atoms with van der Waals surface area (Å²) >= 11 is 0. The first-order chi connectivity index (χ1) is 12.2.